The van der Waals surface area contributed by atoms with Crippen LogP contribution in [0.4, 0.5) is 22.2 Å². The molecule has 1 aliphatic rings. The van der Waals surface area contributed by atoms with Gasteiger partial charge in [0.25, 0.3) is 0 Å². The molecule has 0 radical (unpaired) electrons. The number of rotatable bonds is 5. The molecule has 1 aliphatic carbocycles. The second-order valence-corrected chi connectivity index (χ2v) is 9.43. The quantitative estimate of drug-likeness (QED) is 0.644. The molecule has 2 heterocycles. The Bertz CT molecular complexity index is 896. The van der Waals surface area contributed by atoms with E-state index in [0.29, 0.717) is 16.8 Å². The van der Waals surface area contributed by atoms with Crippen molar-refractivity contribution in [2.45, 2.75) is 70.6 Å². The summed E-state index contributed by atoms with van der Waals surface area (Å²) in [7, 11) is 3.66. The summed E-state index contributed by atoms with van der Waals surface area (Å²) >= 11 is 6.37. The second-order valence-electron chi connectivity index (χ2n) is 9.02. The Morgan fingerprint density at radius 1 is 1.29 bits per heavy atom. The Kier molecular flexibility index (Phi) is 7.25. The SMILES string of the molecule is CN(C(=O)OC(C)(C)C)[C@H]1CCCC[C@@H](Nc2nc(Nc3cnn(C)c3)ncc2Cl)C1. The Morgan fingerprint density at radius 3 is 2.71 bits per heavy atom. The van der Waals surface area contributed by atoms with E-state index in [0.717, 1.165) is 37.8 Å². The summed E-state index contributed by atoms with van der Waals surface area (Å²) in [5.41, 5.74) is 0.282. The average Bonchev–Trinajstić information content (AvgIpc) is 2.95. The Labute approximate surface area is 188 Å². The lowest BCUT2D eigenvalue weighted by Gasteiger charge is -2.32. The molecule has 2 atom stereocenters. The summed E-state index contributed by atoms with van der Waals surface area (Å²) < 4.78 is 7.25. The average molecular weight is 450 g/mol. The molecule has 0 unspecified atom stereocenters. The molecule has 2 aromatic rings. The van der Waals surface area contributed by atoms with E-state index in [1.165, 1.54) is 0 Å². The molecule has 1 fully saturated rings. The van der Waals surface area contributed by atoms with E-state index in [1.807, 2.05) is 41.1 Å². The van der Waals surface area contributed by atoms with Crippen LogP contribution in [0.5, 0.6) is 0 Å². The summed E-state index contributed by atoms with van der Waals surface area (Å²) in [4.78, 5) is 23.1. The Hall–Kier alpha value is -2.55. The normalized spacial score (nSPS) is 19.4. The first-order valence-corrected chi connectivity index (χ1v) is 11.0. The van der Waals surface area contributed by atoms with Crippen LogP contribution in [0, 0.1) is 0 Å². The number of nitrogens with one attached hydrogen (secondary N) is 2. The van der Waals surface area contributed by atoms with Crippen LogP contribution < -0.4 is 10.6 Å². The second kappa shape index (κ2) is 9.72. The lowest BCUT2D eigenvalue weighted by Crippen LogP contribution is -2.42. The van der Waals surface area contributed by atoms with Crippen molar-refractivity contribution in [2.24, 2.45) is 7.05 Å². The van der Waals surface area contributed by atoms with Gasteiger partial charge in [-0.3, -0.25) is 4.68 Å². The number of anilines is 3. The lowest BCUT2D eigenvalue weighted by atomic mass is 10.0. The molecule has 10 heteroatoms. The molecule has 0 aromatic carbocycles. The third-order valence-electron chi connectivity index (χ3n) is 5.17. The predicted molar refractivity (Wildman–Crippen MR) is 122 cm³/mol. The minimum atomic E-state index is -0.514. The molecule has 0 bridgehead atoms. The van der Waals surface area contributed by atoms with Gasteiger partial charge < -0.3 is 20.3 Å². The van der Waals surface area contributed by atoms with Gasteiger partial charge in [-0.1, -0.05) is 24.4 Å². The van der Waals surface area contributed by atoms with Crippen LogP contribution >= 0.6 is 11.6 Å². The van der Waals surface area contributed by atoms with Crippen molar-refractivity contribution in [3.8, 4) is 0 Å². The zero-order valence-electron chi connectivity index (χ0n) is 18.9. The van der Waals surface area contributed by atoms with Crippen molar-refractivity contribution < 1.29 is 9.53 Å². The predicted octanol–water partition coefficient (Wildman–Crippen LogP) is 4.59. The van der Waals surface area contributed by atoms with Gasteiger partial charge in [-0.2, -0.15) is 10.1 Å². The number of amides is 1. The molecule has 170 valence electrons. The molecule has 31 heavy (non-hydrogen) atoms. The van der Waals surface area contributed by atoms with Crippen molar-refractivity contribution >= 4 is 35.1 Å². The highest BCUT2D eigenvalue weighted by atomic mass is 35.5. The zero-order chi connectivity index (χ0) is 22.6. The van der Waals surface area contributed by atoms with Gasteiger partial charge in [0.15, 0.2) is 5.82 Å². The molecule has 0 aliphatic heterocycles. The van der Waals surface area contributed by atoms with Gasteiger partial charge in [0.05, 0.1) is 18.1 Å². The minimum absolute atomic E-state index is 0.0865. The van der Waals surface area contributed by atoms with Crippen LogP contribution in [0.3, 0.4) is 0 Å². The number of hydrogen-bond donors (Lipinski definition) is 2. The lowest BCUT2D eigenvalue weighted by molar-refractivity contribution is 0.0207. The number of hydrogen-bond acceptors (Lipinski definition) is 7. The van der Waals surface area contributed by atoms with Crippen molar-refractivity contribution in [1.29, 1.82) is 0 Å². The monoisotopic (exact) mass is 449 g/mol. The third-order valence-corrected chi connectivity index (χ3v) is 5.45. The number of nitrogens with zero attached hydrogens (tertiary/aromatic N) is 5. The highest BCUT2D eigenvalue weighted by molar-refractivity contribution is 6.32. The summed E-state index contributed by atoms with van der Waals surface area (Å²) in [6.45, 7) is 5.64. The minimum Gasteiger partial charge on any atom is -0.444 e. The molecular formula is C21H32ClN7O2. The van der Waals surface area contributed by atoms with Crippen LogP contribution in [0.2, 0.25) is 5.02 Å². The smallest absolute Gasteiger partial charge is 0.410 e. The molecule has 2 N–H and O–H groups in total. The number of halogens is 1. The number of ether oxygens (including phenoxy) is 1. The maximum atomic E-state index is 12.5. The third kappa shape index (κ3) is 6.72. The van der Waals surface area contributed by atoms with Gasteiger partial charge in [0.1, 0.15) is 10.6 Å². The molecule has 1 amide bonds. The number of aromatic nitrogens is 4. The van der Waals surface area contributed by atoms with Crippen LogP contribution in [0.25, 0.3) is 0 Å². The van der Waals surface area contributed by atoms with Crippen molar-refractivity contribution in [1.82, 2.24) is 24.6 Å². The molecule has 9 nitrogen and oxygen atoms in total. The summed E-state index contributed by atoms with van der Waals surface area (Å²) in [6, 6.07) is 0.222. The van der Waals surface area contributed by atoms with Gasteiger partial charge in [-0.25, -0.2) is 9.78 Å². The summed E-state index contributed by atoms with van der Waals surface area (Å²) in [5, 5.41) is 11.2. The van der Waals surface area contributed by atoms with Crippen molar-refractivity contribution in [3.05, 3.63) is 23.6 Å². The largest absolute Gasteiger partial charge is 0.444 e. The maximum absolute atomic E-state index is 12.5. The van der Waals surface area contributed by atoms with Crippen LogP contribution in [0.1, 0.15) is 52.9 Å². The molecule has 3 rings (SSSR count). The standard InChI is InChI=1S/C21H32ClN7O2/c1-21(2,3)31-20(30)29(5)16-9-7-6-8-14(10-16)25-18-17(22)12-23-19(27-18)26-15-11-24-28(4)13-15/h11-14,16H,6-10H2,1-5H3,(H2,23,25,26,27)/t14-,16+/m1/s1. The van der Waals surface area contributed by atoms with Crippen LogP contribution in [-0.4, -0.2) is 55.5 Å². The first-order chi connectivity index (χ1) is 14.6. The molecular weight excluding hydrogens is 418 g/mol. The zero-order valence-corrected chi connectivity index (χ0v) is 19.6. The fraction of sp³-hybridized carbons (Fsp3) is 0.619. The first kappa shape index (κ1) is 23.1. The van der Waals surface area contributed by atoms with Crippen LogP contribution in [0.15, 0.2) is 18.6 Å². The molecule has 0 spiro atoms. The van der Waals surface area contributed by atoms with Gasteiger partial charge in [0, 0.05) is 32.4 Å². The highest BCUT2D eigenvalue weighted by Crippen LogP contribution is 2.28. The molecule has 0 saturated heterocycles. The topological polar surface area (TPSA) is 97.2 Å². The Morgan fingerprint density at radius 2 is 2.03 bits per heavy atom. The van der Waals surface area contributed by atoms with Crippen molar-refractivity contribution in [3.63, 3.8) is 0 Å². The molecule has 2 aromatic heterocycles. The van der Waals surface area contributed by atoms with E-state index in [-0.39, 0.29) is 18.2 Å². The number of carbonyl (C=O) groups excluding carboxylic acids is 1. The molecule has 1 saturated carbocycles. The maximum Gasteiger partial charge on any atom is 0.410 e. The van der Waals surface area contributed by atoms with E-state index >= 15 is 0 Å². The van der Waals surface area contributed by atoms with E-state index < -0.39 is 5.60 Å². The van der Waals surface area contributed by atoms with E-state index in [4.69, 9.17) is 16.3 Å². The van der Waals surface area contributed by atoms with E-state index in [2.05, 4.69) is 25.7 Å². The Balaban J connectivity index is 1.68. The fourth-order valence-corrected chi connectivity index (χ4v) is 3.78. The van der Waals surface area contributed by atoms with Gasteiger partial charge in [0.2, 0.25) is 5.95 Å². The van der Waals surface area contributed by atoms with Crippen molar-refractivity contribution in [2.75, 3.05) is 17.7 Å². The number of carbonyl (C=O) groups is 1. The number of aryl methyl sites for hydroxylation is 1. The van der Waals surface area contributed by atoms with E-state index in [9.17, 15) is 4.79 Å². The van der Waals surface area contributed by atoms with Crippen LogP contribution in [-0.2, 0) is 11.8 Å². The van der Waals surface area contributed by atoms with Gasteiger partial charge >= 0.3 is 6.09 Å². The summed E-state index contributed by atoms with van der Waals surface area (Å²) in [6.07, 6.45) is 9.67. The van der Waals surface area contributed by atoms with Gasteiger partial charge in [-0.15, -0.1) is 0 Å². The van der Waals surface area contributed by atoms with E-state index in [1.54, 1.807) is 22.0 Å². The highest BCUT2D eigenvalue weighted by Gasteiger charge is 2.29. The first-order valence-electron chi connectivity index (χ1n) is 10.6. The van der Waals surface area contributed by atoms with Gasteiger partial charge in [-0.05, 0) is 40.0 Å². The fourth-order valence-electron chi connectivity index (χ4n) is 3.64. The summed E-state index contributed by atoms with van der Waals surface area (Å²) in [5.74, 6) is 1.02.